The predicted octanol–water partition coefficient (Wildman–Crippen LogP) is 5.33. The molecular weight excluding hydrogens is 414 g/mol. The summed E-state index contributed by atoms with van der Waals surface area (Å²) in [7, 11) is 0. The molecule has 2 aromatic rings. The summed E-state index contributed by atoms with van der Waals surface area (Å²) in [6, 6.07) is 13.6. The first-order chi connectivity index (χ1) is 14.8. The summed E-state index contributed by atoms with van der Waals surface area (Å²) in [5.74, 6) is -0.580. The van der Waals surface area contributed by atoms with Crippen LogP contribution in [0.4, 0.5) is 5.69 Å². The smallest absolute Gasteiger partial charge is 0.335 e. The average Bonchev–Trinajstić information content (AvgIpc) is 3.01. The minimum atomic E-state index is -0.881. The molecular formula is C25H24ClNO4. The molecule has 2 aliphatic rings. The Hall–Kier alpha value is -2.92. The van der Waals surface area contributed by atoms with Gasteiger partial charge in [-0.3, -0.25) is 9.59 Å². The van der Waals surface area contributed by atoms with Gasteiger partial charge in [0.25, 0.3) is 5.91 Å². The maximum absolute atomic E-state index is 13.4. The van der Waals surface area contributed by atoms with Crippen LogP contribution in [0.3, 0.4) is 0 Å². The van der Waals surface area contributed by atoms with Crippen molar-refractivity contribution in [2.75, 3.05) is 5.32 Å². The normalized spacial score (nSPS) is 23.1. The molecule has 1 aliphatic heterocycles. The maximum Gasteiger partial charge on any atom is 0.335 e. The van der Waals surface area contributed by atoms with E-state index in [0.29, 0.717) is 51.7 Å². The zero-order valence-electron chi connectivity index (χ0n) is 17.5. The highest BCUT2D eigenvalue weighted by atomic mass is 35.5. The van der Waals surface area contributed by atoms with Gasteiger partial charge in [-0.25, -0.2) is 4.79 Å². The first-order valence-electron chi connectivity index (χ1n) is 10.5. The molecule has 0 bridgehead atoms. The third kappa shape index (κ3) is 4.02. The van der Waals surface area contributed by atoms with Crippen molar-refractivity contribution < 1.29 is 19.1 Å². The highest BCUT2D eigenvalue weighted by Gasteiger charge is 2.50. The topological polar surface area (TPSA) is 72.5 Å². The van der Waals surface area contributed by atoms with Gasteiger partial charge in [0.2, 0.25) is 0 Å². The molecule has 2 aromatic carbocycles. The number of carbonyl (C=O) groups is 3. The molecule has 1 spiro atoms. The lowest BCUT2D eigenvalue weighted by Crippen LogP contribution is -2.40. The van der Waals surface area contributed by atoms with Gasteiger partial charge >= 0.3 is 5.97 Å². The highest BCUT2D eigenvalue weighted by molar-refractivity contribution is 6.31. The summed E-state index contributed by atoms with van der Waals surface area (Å²) in [6.45, 7) is 3.79. The van der Waals surface area contributed by atoms with Gasteiger partial charge in [0.1, 0.15) is 5.60 Å². The predicted molar refractivity (Wildman–Crippen MR) is 119 cm³/mol. The van der Waals surface area contributed by atoms with Crippen LogP contribution in [0.15, 0.2) is 59.7 Å². The summed E-state index contributed by atoms with van der Waals surface area (Å²) in [5, 5.41) is 3.25. The van der Waals surface area contributed by atoms with Crippen molar-refractivity contribution in [3.05, 3.63) is 75.8 Å². The SMILES string of the molecule is CC1=C(C(=O)Nc2ccc(Cl)cc2C(=O)c2ccccc2)C2(CCC(C)CC2)OC1=O. The molecule has 0 radical (unpaired) electrons. The van der Waals surface area contributed by atoms with E-state index < -0.39 is 17.5 Å². The number of rotatable bonds is 4. The molecule has 31 heavy (non-hydrogen) atoms. The van der Waals surface area contributed by atoms with E-state index in [1.54, 1.807) is 49.4 Å². The first kappa shape index (κ1) is 21.3. The number of amides is 1. The molecule has 1 aliphatic carbocycles. The monoisotopic (exact) mass is 437 g/mol. The van der Waals surface area contributed by atoms with Crippen LogP contribution in [-0.2, 0) is 14.3 Å². The number of halogens is 1. The Morgan fingerprint density at radius 1 is 1.10 bits per heavy atom. The molecule has 160 valence electrons. The number of ketones is 1. The van der Waals surface area contributed by atoms with Gasteiger partial charge in [-0.05, 0) is 56.7 Å². The van der Waals surface area contributed by atoms with Crippen molar-refractivity contribution in [2.45, 2.75) is 45.1 Å². The lowest BCUT2D eigenvalue weighted by Gasteiger charge is -2.36. The molecule has 1 saturated carbocycles. The van der Waals surface area contributed by atoms with Crippen molar-refractivity contribution in [3.63, 3.8) is 0 Å². The number of hydrogen-bond acceptors (Lipinski definition) is 4. The van der Waals surface area contributed by atoms with Crippen LogP contribution in [0.1, 0.15) is 55.5 Å². The zero-order valence-corrected chi connectivity index (χ0v) is 18.3. The lowest BCUT2D eigenvalue weighted by molar-refractivity contribution is -0.150. The van der Waals surface area contributed by atoms with Crippen molar-refractivity contribution in [3.8, 4) is 0 Å². The molecule has 0 saturated heterocycles. The average molecular weight is 438 g/mol. The molecule has 1 N–H and O–H groups in total. The van der Waals surface area contributed by atoms with E-state index in [1.807, 2.05) is 6.07 Å². The fourth-order valence-corrected chi connectivity index (χ4v) is 4.62. The second kappa shape index (κ2) is 8.31. The summed E-state index contributed by atoms with van der Waals surface area (Å²) < 4.78 is 5.73. The van der Waals surface area contributed by atoms with Crippen LogP contribution in [0.2, 0.25) is 5.02 Å². The third-order valence-electron chi connectivity index (χ3n) is 6.24. The van der Waals surface area contributed by atoms with Gasteiger partial charge in [0, 0.05) is 21.7 Å². The Labute approximate surface area is 186 Å². The van der Waals surface area contributed by atoms with Gasteiger partial charge in [-0.2, -0.15) is 0 Å². The number of nitrogens with one attached hydrogen (secondary N) is 1. The molecule has 0 unspecified atom stereocenters. The molecule has 4 rings (SSSR count). The fraction of sp³-hybridized carbons (Fsp3) is 0.320. The minimum absolute atomic E-state index is 0.246. The highest BCUT2D eigenvalue weighted by Crippen LogP contribution is 2.45. The van der Waals surface area contributed by atoms with E-state index in [1.165, 1.54) is 0 Å². The van der Waals surface area contributed by atoms with Gasteiger partial charge in [0.05, 0.1) is 11.3 Å². The van der Waals surface area contributed by atoms with Crippen LogP contribution in [0.25, 0.3) is 0 Å². The van der Waals surface area contributed by atoms with E-state index in [4.69, 9.17) is 16.3 Å². The Morgan fingerprint density at radius 2 is 1.77 bits per heavy atom. The zero-order chi connectivity index (χ0) is 22.2. The molecule has 1 fully saturated rings. The summed E-state index contributed by atoms with van der Waals surface area (Å²) in [4.78, 5) is 38.8. The largest absolute Gasteiger partial charge is 0.451 e. The standard InChI is InChI=1S/C25H24ClNO4/c1-15-10-12-25(13-11-15)21(16(2)24(30)31-25)23(29)27-20-9-8-18(26)14-19(20)22(28)17-6-4-3-5-7-17/h3-9,14-15H,10-13H2,1-2H3,(H,27,29). The van der Waals surface area contributed by atoms with Crippen molar-refractivity contribution >= 4 is 34.9 Å². The lowest BCUT2D eigenvalue weighted by atomic mass is 9.75. The van der Waals surface area contributed by atoms with Crippen LogP contribution >= 0.6 is 11.6 Å². The Morgan fingerprint density at radius 3 is 2.45 bits per heavy atom. The van der Waals surface area contributed by atoms with Gasteiger partial charge in [0.15, 0.2) is 5.78 Å². The summed E-state index contributed by atoms with van der Waals surface area (Å²) in [6.07, 6.45) is 3.01. The number of benzene rings is 2. The Bertz CT molecular complexity index is 1080. The number of hydrogen-bond donors (Lipinski definition) is 1. The summed E-state index contributed by atoms with van der Waals surface area (Å²) >= 11 is 6.15. The molecule has 5 nitrogen and oxygen atoms in total. The van der Waals surface area contributed by atoms with E-state index in [2.05, 4.69) is 12.2 Å². The number of carbonyl (C=O) groups excluding carboxylic acids is 3. The van der Waals surface area contributed by atoms with E-state index >= 15 is 0 Å². The van der Waals surface area contributed by atoms with Gasteiger partial charge < -0.3 is 10.1 Å². The number of ether oxygens (including phenoxy) is 1. The first-order valence-corrected chi connectivity index (χ1v) is 10.8. The van der Waals surface area contributed by atoms with Crippen LogP contribution in [0, 0.1) is 5.92 Å². The van der Waals surface area contributed by atoms with Crippen molar-refractivity contribution in [1.29, 1.82) is 0 Å². The van der Waals surface area contributed by atoms with E-state index in [0.717, 1.165) is 12.8 Å². The number of anilines is 1. The second-order valence-electron chi connectivity index (χ2n) is 8.41. The van der Waals surface area contributed by atoms with Crippen LogP contribution < -0.4 is 5.32 Å². The van der Waals surface area contributed by atoms with Gasteiger partial charge in [-0.15, -0.1) is 0 Å². The molecule has 0 atom stereocenters. The molecule has 0 aromatic heterocycles. The maximum atomic E-state index is 13.4. The fourth-order valence-electron chi connectivity index (χ4n) is 4.45. The summed E-state index contributed by atoms with van der Waals surface area (Å²) in [5.41, 5.74) is 0.958. The van der Waals surface area contributed by atoms with Crippen molar-refractivity contribution in [1.82, 2.24) is 0 Å². The minimum Gasteiger partial charge on any atom is -0.451 e. The van der Waals surface area contributed by atoms with Crippen molar-refractivity contribution in [2.24, 2.45) is 5.92 Å². The third-order valence-corrected chi connectivity index (χ3v) is 6.48. The van der Waals surface area contributed by atoms with E-state index in [9.17, 15) is 14.4 Å². The second-order valence-corrected chi connectivity index (χ2v) is 8.84. The Kier molecular flexibility index (Phi) is 5.71. The number of esters is 1. The van der Waals surface area contributed by atoms with Gasteiger partial charge in [-0.1, -0.05) is 48.9 Å². The van der Waals surface area contributed by atoms with Crippen LogP contribution in [0.5, 0.6) is 0 Å². The van der Waals surface area contributed by atoms with Crippen LogP contribution in [-0.4, -0.2) is 23.3 Å². The molecule has 1 heterocycles. The quantitative estimate of drug-likeness (QED) is 0.518. The van der Waals surface area contributed by atoms with E-state index in [-0.39, 0.29) is 5.78 Å². The molecule has 6 heteroatoms. The molecule has 1 amide bonds. The Balaban J connectivity index is 1.67.